The lowest BCUT2D eigenvalue weighted by Crippen LogP contribution is -2.43. The molecule has 158 valence electrons. The van der Waals surface area contributed by atoms with Gasteiger partial charge in [0.05, 0.1) is 20.2 Å². The number of nitrogens with zero attached hydrogens (tertiary/aromatic N) is 2. The second kappa shape index (κ2) is 13.0. The van der Waals surface area contributed by atoms with Crippen LogP contribution in [-0.2, 0) is 17.8 Å². The number of aryl methyl sites for hydroxylation is 1. The van der Waals surface area contributed by atoms with Crippen molar-refractivity contribution in [2.24, 2.45) is 4.99 Å². The van der Waals surface area contributed by atoms with Crippen molar-refractivity contribution >= 4 is 35.8 Å². The van der Waals surface area contributed by atoms with Gasteiger partial charge >= 0.3 is 0 Å². The Bertz CT molecular complexity index is 795. The van der Waals surface area contributed by atoms with E-state index < -0.39 is 0 Å². The maximum atomic E-state index is 11.9. The van der Waals surface area contributed by atoms with E-state index in [1.807, 2.05) is 43.3 Å². The molecule has 0 aliphatic carbocycles. The van der Waals surface area contributed by atoms with Crippen molar-refractivity contribution in [1.29, 1.82) is 0 Å². The number of hydrogen-bond acceptors (Lipinski definition) is 3. The number of halogens is 1. The van der Waals surface area contributed by atoms with Gasteiger partial charge in [-0.05, 0) is 30.5 Å². The zero-order valence-electron chi connectivity index (χ0n) is 17.6. The van der Waals surface area contributed by atoms with Crippen LogP contribution in [0.3, 0.4) is 0 Å². The van der Waals surface area contributed by atoms with Gasteiger partial charge in [0, 0.05) is 26.2 Å². The van der Waals surface area contributed by atoms with E-state index in [2.05, 4.69) is 27.8 Å². The minimum absolute atomic E-state index is 0. The topological polar surface area (TPSA) is 66.0 Å². The smallest absolute Gasteiger partial charge is 0.241 e. The van der Waals surface area contributed by atoms with Crippen molar-refractivity contribution in [2.45, 2.75) is 19.9 Å². The first kappa shape index (κ1) is 24.7. The van der Waals surface area contributed by atoms with Gasteiger partial charge in [0.2, 0.25) is 5.91 Å². The summed E-state index contributed by atoms with van der Waals surface area (Å²) < 4.78 is 5.46. The molecule has 6 nitrogen and oxygen atoms in total. The third kappa shape index (κ3) is 8.72. The zero-order valence-corrected chi connectivity index (χ0v) is 19.9. The van der Waals surface area contributed by atoms with Crippen LogP contribution in [0.2, 0.25) is 0 Å². The molecule has 0 saturated heterocycles. The highest BCUT2D eigenvalue weighted by Gasteiger charge is 2.07. The second-order valence-corrected chi connectivity index (χ2v) is 6.78. The molecule has 7 heteroatoms. The van der Waals surface area contributed by atoms with Crippen LogP contribution in [0.4, 0.5) is 0 Å². The van der Waals surface area contributed by atoms with Gasteiger partial charge < -0.3 is 20.3 Å². The average molecular weight is 510 g/mol. The van der Waals surface area contributed by atoms with Gasteiger partial charge in [-0.25, -0.2) is 4.99 Å². The summed E-state index contributed by atoms with van der Waals surface area (Å²) in [5, 5.41) is 6.42. The summed E-state index contributed by atoms with van der Waals surface area (Å²) in [7, 11) is 5.14. The largest absolute Gasteiger partial charge is 0.496 e. The van der Waals surface area contributed by atoms with Crippen molar-refractivity contribution in [3.63, 3.8) is 0 Å². The fraction of sp³-hybridized carbons (Fsp3) is 0.364. The molecule has 0 fully saturated rings. The molecule has 0 atom stereocenters. The summed E-state index contributed by atoms with van der Waals surface area (Å²) in [6.07, 6.45) is 0.872. The number of carbonyl (C=O) groups is 1. The Balaban J connectivity index is 0.00000420. The number of guanidine groups is 1. The van der Waals surface area contributed by atoms with E-state index >= 15 is 0 Å². The molecule has 2 N–H and O–H groups in total. The van der Waals surface area contributed by atoms with Gasteiger partial charge in [-0.2, -0.15) is 0 Å². The summed E-state index contributed by atoms with van der Waals surface area (Å²) in [6.45, 7) is 3.40. The monoisotopic (exact) mass is 510 g/mol. The molecule has 0 aliphatic heterocycles. The van der Waals surface area contributed by atoms with Crippen LogP contribution in [0.5, 0.6) is 5.75 Å². The van der Waals surface area contributed by atoms with E-state index in [4.69, 9.17) is 4.74 Å². The lowest BCUT2D eigenvalue weighted by molar-refractivity contribution is -0.127. The molecule has 0 spiro atoms. The van der Waals surface area contributed by atoms with Gasteiger partial charge in [0.1, 0.15) is 5.75 Å². The van der Waals surface area contributed by atoms with Crippen LogP contribution in [0.15, 0.2) is 53.5 Å². The number of rotatable bonds is 8. The average Bonchev–Trinajstić information content (AvgIpc) is 2.70. The van der Waals surface area contributed by atoms with Gasteiger partial charge in [-0.15, -0.1) is 24.0 Å². The molecule has 0 unspecified atom stereocenters. The zero-order chi connectivity index (χ0) is 20.4. The summed E-state index contributed by atoms with van der Waals surface area (Å²) in [6, 6.07) is 16.3. The van der Waals surface area contributed by atoms with Gasteiger partial charge in [0.25, 0.3) is 0 Å². The highest BCUT2D eigenvalue weighted by atomic mass is 127. The van der Waals surface area contributed by atoms with Gasteiger partial charge in [-0.1, -0.05) is 42.5 Å². The van der Waals surface area contributed by atoms with Crippen LogP contribution < -0.4 is 15.4 Å². The minimum Gasteiger partial charge on any atom is -0.496 e. The number of benzene rings is 2. The molecule has 0 aliphatic rings. The molecule has 0 radical (unpaired) electrons. The van der Waals surface area contributed by atoms with E-state index in [0.29, 0.717) is 12.5 Å². The van der Waals surface area contributed by atoms with E-state index in [9.17, 15) is 4.79 Å². The van der Waals surface area contributed by atoms with Crippen LogP contribution in [0, 0.1) is 6.92 Å². The Morgan fingerprint density at radius 2 is 1.83 bits per heavy atom. The molecule has 2 aromatic carbocycles. The minimum atomic E-state index is -0.00882. The molecule has 0 saturated carbocycles. The molecule has 29 heavy (non-hydrogen) atoms. The van der Waals surface area contributed by atoms with Crippen LogP contribution in [0.1, 0.15) is 16.7 Å². The van der Waals surface area contributed by atoms with Gasteiger partial charge in [0.15, 0.2) is 5.96 Å². The highest BCUT2D eigenvalue weighted by molar-refractivity contribution is 14.0. The molecule has 0 heterocycles. The number of aliphatic imine (C=N–C) groups is 1. The summed E-state index contributed by atoms with van der Waals surface area (Å²) in [5.74, 6) is 1.41. The van der Waals surface area contributed by atoms with Crippen LogP contribution in [0.25, 0.3) is 0 Å². The Kier molecular flexibility index (Phi) is 11.1. The fourth-order valence-electron chi connectivity index (χ4n) is 2.61. The lowest BCUT2D eigenvalue weighted by atomic mass is 10.1. The van der Waals surface area contributed by atoms with Crippen molar-refractivity contribution in [3.05, 3.63) is 65.2 Å². The van der Waals surface area contributed by atoms with Crippen LogP contribution >= 0.6 is 24.0 Å². The number of hydrogen-bond donors (Lipinski definition) is 2. The Morgan fingerprint density at radius 3 is 2.48 bits per heavy atom. The lowest BCUT2D eigenvalue weighted by Gasteiger charge is -2.15. The molecule has 1 amide bonds. The summed E-state index contributed by atoms with van der Waals surface area (Å²) in [4.78, 5) is 18.1. The van der Waals surface area contributed by atoms with E-state index in [1.54, 1.807) is 26.1 Å². The SMILES string of the molecule is COc1cc(C)ccc1CN=C(NCCc1ccccc1)NCC(=O)N(C)C.I. The normalized spacial score (nSPS) is 10.7. The van der Waals surface area contributed by atoms with Crippen molar-refractivity contribution in [1.82, 2.24) is 15.5 Å². The van der Waals surface area contributed by atoms with E-state index in [-0.39, 0.29) is 36.4 Å². The van der Waals surface area contributed by atoms with E-state index in [1.165, 1.54) is 5.56 Å². The number of ether oxygens (including phenoxy) is 1. The molecule has 2 aromatic rings. The summed E-state index contributed by atoms with van der Waals surface area (Å²) >= 11 is 0. The molecular formula is C22H31IN4O2. The third-order valence-electron chi connectivity index (χ3n) is 4.30. The molecule has 0 bridgehead atoms. The fourth-order valence-corrected chi connectivity index (χ4v) is 2.61. The Morgan fingerprint density at radius 1 is 1.10 bits per heavy atom. The van der Waals surface area contributed by atoms with E-state index in [0.717, 1.165) is 29.8 Å². The van der Waals surface area contributed by atoms with Crippen molar-refractivity contribution in [3.8, 4) is 5.75 Å². The first-order chi connectivity index (χ1) is 13.5. The van der Waals surface area contributed by atoms with Crippen LogP contribution in [-0.4, -0.2) is 51.1 Å². The first-order valence-corrected chi connectivity index (χ1v) is 9.39. The number of carbonyl (C=O) groups excluding carboxylic acids is 1. The third-order valence-corrected chi connectivity index (χ3v) is 4.30. The maximum absolute atomic E-state index is 11.9. The Labute approximate surface area is 190 Å². The molecular weight excluding hydrogens is 479 g/mol. The maximum Gasteiger partial charge on any atom is 0.241 e. The Hall–Kier alpha value is -2.29. The van der Waals surface area contributed by atoms with Gasteiger partial charge in [-0.3, -0.25) is 4.79 Å². The predicted octanol–water partition coefficient (Wildman–Crippen LogP) is 2.99. The van der Waals surface area contributed by atoms with Crippen molar-refractivity contribution in [2.75, 3.05) is 34.3 Å². The second-order valence-electron chi connectivity index (χ2n) is 6.78. The number of nitrogens with one attached hydrogen (secondary N) is 2. The summed E-state index contributed by atoms with van der Waals surface area (Å²) in [5.41, 5.74) is 3.38. The number of amides is 1. The predicted molar refractivity (Wildman–Crippen MR) is 129 cm³/mol. The van der Waals surface area contributed by atoms with Crippen molar-refractivity contribution < 1.29 is 9.53 Å². The standard InChI is InChI=1S/C22H30N4O2.HI/c1-17-10-11-19(20(14-17)28-4)15-24-22(25-16-21(27)26(2)3)23-13-12-18-8-6-5-7-9-18;/h5-11,14H,12-13,15-16H2,1-4H3,(H2,23,24,25);1H. The number of methoxy groups -OCH3 is 1. The molecule has 2 rings (SSSR count). The quantitative estimate of drug-likeness (QED) is 0.326. The number of likely N-dealkylation sites (N-methyl/N-ethyl adjacent to an activating group) is 1. The highest BCUT2D eigenvalue weighted by Crippen LogP contribution is 2.20. The molecule has 0 aromatic heterocycles. The first-order valence-electron chi connectivity index (χ1n) is 9.39.